The molecule has 0 saturated carbocycles. The Hall–Kier alpha value is -1.01. The van der Waals surface area contributed by atoms with Gasteiger partial charge in [-0.05, 0) is 36.5 Å². The first-order valence-corrected chi connectivity index (χ1v) is 7.32. The van der Waals surface area contributed by atoms with Crippen LogP contribution < -0.4 is 4.90 Å². The molecule has 0 radical (unpaired) electrons. The van der Waals surface area contributed by atoms with Crippen LogP contribution in [0.3, 0.4) is 0 Å². The van der Waals surface area contributed by atoms with Crippen molar-refractivity contribution in [1.29, 1.82) is 5.26 Å². The van der Waals surface area contributed by atoms with Crippen LogP contribution >= 0.6 is 15.9 Å². The highest BCUT2D eigenvalue weighted by Gasteiger charge is 2.29. The van der Waals surface area contributed by atoms with E-state index in [9.17, 15) is 5.26 Å². The fourth-order valence-electron chi connectivity index (χ4n) is 2.51. The Morgan fingerprint density at radius 1 is 1.39 bits per heavy atom. The van der Waals surface area contributed by atoms with E-state index in [1.807, 2.05) is 12.1 Å². The second kappa shape index (κ2) is 5.32. The van der Waals surface area contributed by atoms with Crippen LogP contribution in [0.25, 0.3) is 0 Å². The summed E-state index contributed by atoms with van der Waals surface area (Å²) < 4.78 is 0.971. The van der Waals surface area contributed by atoms with Crippen LogP contribution in [0.1, 0.15) is 38.7 Å². The topological polar surface area (TPSA) is 27.0 Å². The molecule has 96 valence electrons. The minimum atomic E-state index is 0.485. The van der Waals surface area contributed by atoms with Crippen LogP contribution in [0.2, 0.25) is 0 Å². The third-order valence-corrected chi connectivity index (χ3v) is 4.74. The zero-order chi connectivity index (χ0) is 13.2. The predicted octanol–water partition coefficient (Wildman–Crippen LogP) is 4.34. The number of halogens is 1. The molecule has 1 aromatic carbocycles. The van der Waals surface area contributed by atoms with Gasteiger partial charge in [0.15, 0.2) is 0 Å². The second-order valence-corrected chi connectivity index (χ2v) is 6.34. The van der Waals surface area contributed by atoms with Gasteiger partial charge < -0.3 is 4.90 Å². The van der Waals surface area contributed by atoms with Crippen molar-refractivity contribution in [2.45, 2.75) is 33.1 Å². The summed E-state index contributed by atoms with van der Waals surface area (Å²) in [6.07, 6.45) is 3.67. The Bertz CT molecular complexity index is 468. The van der Waals surface area contributed by atoms with Crippen molar-refractivity contribution < 1.29 is 0 Å². The molecule has 3 heteroatoms. The molecule has 1 heterocycles. The monoisotopic (exact) mass is 306 g/mol. The summed E-state index contributed by atoms with van der Waals surface area (Å²) in [5.41, 5.74) is 2.34. The van der Waals surface area contributed by atoms with Gasteiger partial charge in [-0.25, -0.2) is 0 Å². The summed E-state index contributed by atoms with van der Waals surface area (Å²) in [6, 6.07) is 8.27. The van der Waals surface area contributed by atoms with Crippen molar-refractivity contribution in [3.05, 3.63) is 28.2 Å². The Balaban J connectivity index is 2.18. The summed E-state index contributed by atoms with van der Waals surface area (Å²) in [5, 5.41) is 9.22. The molecule has 2 nitrogen and oxygen atoms in total. The zero-order valence-corrected chi connectivity index (χ0v) is 12.6. The number of rotatable bonds is 2. The zero-order valence-electron chi connectivity index (χ0n) is 11.0. The van der Waals surface area contributed by atoms with Crippen LogP contribution in [0.4, 0.5) is 5.69 Å². The molecule has 0 amide bonds. The molecular formula is C15H19BrN2. The fourth-order valence-corrected chi connectivity index (χ4v) is 2.88. The summed E-state index contributed by atoms with van der Waals surface area (Å²) in [6.45, 7) is 6.76. The average Bonchev–Trinajstić information content (AvgIpc) is 2.40. The van der Waals surface area contributed by atoms with E-state index in [1.165, 1.54) is 19.3 Å². The van der Waals surface area contributed by atoms with Gasteiger partial charge in [0, 0.05) is 17.6 Å². The van der Waals surface area contributed by atoms with Gasteiger partial charge in [-0.2, -0.15) is 5.26 Å². The van der Waals surface area contributed by atoms with Crippen LogP contribution in [-0.4, -0.2) is 13.1 Å². The maximum Gasteiger partial charge on any atom is 0.101 e. The lowest BCUT2D eigenvalue weighted by molar-refractivity contribution is 0.238. The maximum absolute atomic E-state index is 9.22. The summed E-state index contributed by atoms with van der Waals surface area (Å²) in [7, 11) is 0. The average molecular weight is 307 g/mol. The SMILES string of the molecule is CCC1(C)CCN(c2ccc(Br)cc2C#N)CC1. The normalized spacial score (nSPS) is 18.4. The van der Waals surface area contributed by atoms with E-state index in [0.717, 1.165) is 28.8 Å². The highest BCUT2D eigenvalue weighted by atomic mass is 79.9. The van der Waals surface area contributed by atoms with E-state index in [4.69, 9.17) is 0 Å². The quantitative estimate of drug-likeness (QED) is 0.813. The molecule has 0 unspecified atom stereocenters. The standard InChI is InChI=1S/C15H19BrN2/c1-3-15(2)6-8-18(9-7-15)14-5-4-13(16)10-12(14)11-17/h4-5,10H,3,6-9H2,1-2H3. The van der Waals surface area contributed by atoms with Crippen molar-refractivity contribution in [3.63, 3.8) is 0 Å². The van der Waals surface area contributed by atoms with Crippen LogP contribution in [0.5, 0.6) is 0 Å². The number of benzene rings is 1. The molecule has 2 rings (SSSR count). The fraction of sp³-hybridized carbons (Fsp3) is 0.533. The first-order valence-electron chi connectivity index (χ1n) is 6.52. The first-order chi connectivity index (χ1) is 8.58. The predicted molar refractivity (Wildman–Crippen MR) is 78.7 cm³/mol. The molecule has 0 N–H and O–H groups in total. The van der Waals surface area contributed by atoms with Gasteiger partial charge in [-0.3, -0.25) is 0 Å². The smallest absolute Gasteiger partial charge is 0.101 e. The summed E-state index contributed by atoms with van der Waals surface area (Å²) >= 11 is 3.42. The maximum atomic E-state index is 9.22. The Morgan fingerprint density at radius 3 is 2.61 bits per heavy atom. The van der Waals surface area contributed by atoms with Gasteiger partial charge in [-0.15, -0.1) is 0 Å². The molecule has 1 fully saturated rings. The van der Waals surface area contributed by atoms with E-state index in [2.05, 4.69) is 46.8 Å². The van der Waals surface area contributed by atoms with Gasteiger partial charge in [0.1, 0.15) is 6.07 Å². The van der Waals surface area contributed by atoms with Crippen molar-refractivity contribution in [2.24, 2.45) is 5.41 Å². The molecular weight excluding hydrogens is 288 g/mol. The minimum absolute atomic E-state index is 0.485. The first kappa shape index (κ1) is 13.4. The summed E-state index contributed by atoms with van der Waals surface area (Å²) in [5.74, 6) is 0. The van der Waals surface area contributed by atoms with Crippen molar-refractivity contribution >= 4 is 21.6 Å². The largest absolute Gasteiger partial charge is 0.370 e. The molecule has 0 atom stereocenters. The molecule has 1 aliphatic rings. The van der Waals surface area contributed by atoms with E-state index in [-0.39, 0.29) is 0 Å². The van der Waals surface area contributed by atoms with E-state index in [1.54, 1.807) is 0 Å². The highest BCUT2D eigenvalue weighted by Crippen LogP contribution is 2.36. The van der Waals surface area contributed by atoms with Crippen molar-refractivity contribution in [3.8, 4) is 6.07 Å². The molecule has 18 heavy (non-hydrogen) atoms. The lowest BCUT2D eigenvalue weighted by atomic mass is 9.78. The highest BCUT2D eigenvalue weighted by molar-refractivity contribution is 9.10. The lowest BCUT2D eigenvalue weighted by Crippen LogP contribution is -2.38. The van der Waals surface area contributed by atoms with Crippen LogP contribution in [-0.2, 0) is 0 Å². The third kappa shape index (κ3) is 2.70. The van der Waals surface area contributed by atoms with E-state index >= 15 is 0 Å². The molecule has 0 aromatic heterocycles. The molecule has 1 aliphatic heterocycles. The molecule has 0 bridgehead atoms. The number of nitrogens with zero attached hydrogens (tertiary/aromatic N) is 2. The van der Waals surface area contributed by atoms with Crippen LogP contribution in [0, 0.1) is 16.7 Å². The van der Waals surface area contributed by atoms with Gasteiger partial charge in [0.2, 0.25) is 0 Å². The molecule has 1 saturated heterocycles. The van der Waals surface area contributed by atoms with E-state index < -0.39 is 0 Å². The third-order valence-electron chi connectivity index (χ3n) is 4.24. The van der Waals surface area contributed by atoms with E-state index in [0.29, 0.717) is 5.41 Å². The van der Waals surface area contributed by atoms with Crippen molar-refractivity contribution in [1.82, 2.24) is 0 Å². The molecule has 0 spiro atoms. The van der Waals surface area contributed by atoms with Gasteiger partial charge in [0.25, 0.3) is 0 Å². The Kier molecular flexibility index (Phi) is 3.97. The summed E-state index contributed by atoms with van der Waals surface area (Å²) in [4.78, 5) is 2.35. The van der Waals surface area contributed by atoms with Gasteiger partial charge >= 0.3 is 0 Å². The molecule has 0 aliphatic carbocycles. The number of piperidine rings is 1. The van der Waals surface area contributed by atoms with Crippen LogP contribution in [0.15, 0.2) is 22.7 Å². The number of hydrogen-bond donors (Lipinski definition) is 0. The number of hydrogen-bond acceptors (Lipinski definition) is 2. The van der Waals surface area contributed by atoms with Gasteiger partial charge in [0.05, 0.1) is 11.3 Å². The molecule has 1 aromatic rings. The minimum Gasteiger partial charge on any atom is -0.370 e. The second-order valence-electron chi connectivity index (χ2n) is 5.42. The number of anilines is 1. The lowest BCUT2D eigenvalue weighted by Gasteiger charge is -2.40. The van der Waals surface area contributed by atoms with Crippen molar-refractivity contribution in [2.75, 3.05) is 18.0 Å². The Morgan fingerprint density at radius 2 is 2.06 bits per heavy atom. The van der Waals surface area contributed by atoms with Gasteiger partial charge in [-0.1, -0.05) is 36.2 Å². The number of nitriles is 1. The Labute approximate surface area is 118 Å².